The van der Waals surface area contributed by atoms with Crippen LogP contribution in [0.15, 0.2) is 24.5 Å². The highest BCUT2D eigenvalue weighted by atomic mass is 32.1. The zero-order valence-electron chi connectivity index (χ0n) is 17.4. The van der Waals surface area contributed by atoms with Crippen molar-refractivity contribution in [2.24, 2.45) is 0 Å². The van der Waals surface area contributed by atoms with Crippen LogP contribution in [0.1, 0.15) is 47.3 Å². The number of nitrogens with zero attached hydrogens (tertiary/aromatic N) is 2. The molecule has 0 aliphatic heterocycles. The van der Waals surface area contributed by atoms with Crippen molar-refractivity contribution >= 4 is 39.0 Å². The van der Waals surface area contributed by atoms with Crippen molar-refractivity contribution in [1.82, 2.24) is 9.97 Å². The fourth-order valence-electron chi connectivity index (χ4n) is 3.78. The van der Waals surface area contributed by atoms with Gasteiger partial charge < -0.3 is 19.5 Å². The van der Waals surface area contributed by atoms with Gasteiger partial charge in [0.2, 0.25) is 0 Å². The molecular formula is C22H25N3O4S. The molecule has 0 saturated heterocycles. The van der Waals surface area contributed by atoms with Gasteiger partial charge in [-0.25, -0.2) is 14.8 Å². The predicted octanol–water partition coefficient (Wildman–Crippen LogP) is 5.25. The van der Waals surface area contributed by atoms with E-state index in [9.17, 15) is 4.79 Å². The minimum Gasteiger partial charge on any atom is -0.497 e. The molecule has 1 aromatic carbocycles. The third kappa shape index (κ3) is 4.05. The maximum Gasteiger partial charge on any atom is 0.348 e. The highest BCUT2D eigenvalue weighted by molar-refractivity contribution is 7.20. The lowest BCUT2D eigenvalue weighted by molar-refractivity contribution is 0.0216. The van der Waals surface area contributed by atoms with Gasteiger partial charge in [0.1, 0.15) is 39.5 Å². The number of ether oxygens (including phenoxy) is 3. The van der Waals surface area contributed by atoms with Gasteiger partial charge >= 0.3 is 5.97 Å². The minimum atomic E-state index is -0.268. The summed E-state index contributed by atoms with van der Waals surface area (Å²) in [5.41, 5.74) is 1.57. The van der Waals surface area contributed by atoms with E-state index in [2.05, 4.69) is 15.3 Å². The molecule has 1 saturated carbocycles. The number of methoxy groups -OCH3 is 2. The summed E-state index contributed by atoms with van der Waals surface area (Å²) in [6, 6.07) is 5.51. The van der Waals surface area contributed by atoms with Crippen molar-refractivity contribution < 1.29 is 19.0 Å². The zero-order valence-corrected chi connectivity index (χ0v) is 18.2. The number of carbonyl (C=O) groups excluding carboxylic acids is 1. The summed E-state index contributed by atoms with van der Waals surface area (Å²) in [5.74, 6) is 1.68. The summed E-state index contributed by atoms with van der Waals surface area (Å²) in [7, 11) is 3.21. The molecule has 2 heterocycles. The van der Waals surface area contributed by atoms with E-state index >= 15 is 0 Å². The standard InChI is InChI=1S/C22H25N3O4S/c1-13-18-20(25-16-10-9-15(27-2)11-17(16)28-3)23-12-24-21(18)30-19(13)22(26)29-14-7-5-4-6-8-14/h9-12,14H,4-8H2,1-3H3,(H,23,24,25). The number of aryl methyl sites for hydroxylation is 1. The van der Waals surface area contributed by atoms with Crippen LogP contribution in [-0.4, -0.2) is 36.3 Å². The van der Waals surface area contributed by atoms with E-state index in [1.54, 1.807) is 20.3 Å². The molecule has 2 aromatic heterocycles. The summed E-state index contributed by atoms with van der Waals surface area (Å²) >= 11 is 1.34. The number of nitrogens with one attached hydrogen (secondary N) is 1. The predicted molar refractivity (Wildman–Crippen MR) is 117 cm³/mol. The summed E-state index contributed by atoms with van der Waals surface area (Å²) in [5, 5.41) is 4.13. The first-order chi connectivity index (χ1) is 14.6. The molecule has 158 valence electrons. The van der Waals surface area contributed by atoms with Crippen molar-refractivity contribution in [2.45, 2.75) is 45.1 Å². The van der Waals surface area contributed by atoms with Gasteiger partial charge in [-0.15, -0.1) is 11.3 Å². The van der Waals surface area contributed by atoms with Crippen LogP contribution in [0, 0.1) is 6.92 Å². The van der Waals surface area contributed by atoms with Gasteiger partial charge in [0.25, 0.3) is 0 Å². The molecule has 1 aliphatic rings. The fraction of sp³-hybridized carbons (Fsp3) is 0.409. The van der Waals surface area contributed by atoms with Crippen LogP contribution < -0.4 is 14.8 Å². The zero-order chi connectivity index (χ0) is 21.1. The van der Waals surface area contributed by atoms with Crippen molar-refractivity contribution in [3.05, 3.63) is 35.0 Å². The molecule has 30 heavy (non-hydrogen) atoms. The molecule has 3 aromatic rings. The first-order valence-electron chi connectivity index (χ1n) is 10.0. The third-order valence-electron chi connectivity index (χ3n) is 5.40. The van der Waals surface area contributed by atoms with E-state index < -0.39 is 0 Å². The van der Waals surface area contributed by atoms with Crippen LogP contribution in [-0.2, 0) is 4.74 Å². The average Bonchev–Trinajstić information content (AvgIpc) is 3.12. The lowest BCUT2D eigenvalue weighted by Gasteiger charge is -2.21. The van der Waals surface area contributed by atoms with Crippen molar-refractivity contribution in [1.29, 1.82) is 0 Å². The number of rotatable bonds is 6. The molecule has 0 radical (unpaired) electrons. The highest BCUT2D eigenvalue weighted by Gasteiger charge is 2.24. The van der Waals surface area contributed by atoms with E-state index in [4.69, 9.17) is 14.2 Å². The summed E-state index contributed by atoms with van der Waals surface area (Å²) < 4.78 is 16.5. The SMILES string of the molecule is COc1ccc(Nc2ncnc3sc(C(=O)OC4CCCCC4)c(C)c23)c(OC)c1. The third-order valence-corrected chi connectivity index (χ3v) is 6.58. The number of fused-ring (bicyclic) bond motifs is 1. The van der Waals surface area contributed by atoms with Crippen LogP contribution in [0.2, 0.25) is 0 Å². The van der Waals surface area contributed by atoms with Gasteiger partial charge in [0.15, 0.2) is 0 Å². The second-order valence-electron chi connectivity index (χ2n) is 7.32. The van der Waals surface area contributed by atoms with Gasteiger partial charge in [-0.05, 0) is 50.3 Å². The lowest BCUT2D eigenvalue weighted by Crippen LogP contribution is -2.20. The Morgan fingerprint density at radius 3 is 2.67 bits per heavy atom. The molecule has 0 bridgehead atoms. The largest absolute Gasteiger partial charge is 0.497 e. The molecule has 1 fully saturated rings. The van der Waals surface area contributed by atoms with Crippen LogP contribution in [0.25, 0.3) is 10.2 Å². The monoisotopic (exact) mass is 427 g/mol. The summed E-state index contributed by atoms with van der Waals surface area (Å²) in [6.07, 6.45) is 6.85. The molecule has 0 spiro atoms. The Hall–Kier alpha value is -2.87. The van der Waals surface area contributed by atoms with Crippen LogP contribution in [0.3, 0.4) is 0 Å². The Kier molecular flexibility index (Phi) is 6.03. The molecular weight excluding hydrogens is 402 g/mol. The molecule has 0 amide bonds. The number of anilines is 2. The van der Waals surface area contributed by atoms with E-state index in [-0.39, 0.29) is 12.1 Å². The molecule has 1 N–H and O–H groups in total. The van der Waals surface area contributed by atoms with Gasteiger partial charge in [0, 0.05) is 6.07 Å². The maximum absolute atomic E-state index is 12.8. The number of hydrogen-bond acceptors (Lipinski definition) is 8. The Morgan fingerprint density at radius 2 is 1.93 bits per heavy atom. The number of thiophene rings is 1. The lowest BCUT2D eigenvalue weighted by atomic mass is 9.98. The molecule has 1 aliphatic carbocycles. The van der Waals surface area contributed by atoms with Gasteiger partial charge in [-0.2, -0.15) is 0 Å². The second-order valence-corrected chi connectivity index (χ2v) is 8.31. The topological polar surface area (TPSA) is 82.6 Å². The first kappa shape index (κ1) is 20.4. The van der Waals surface area contributed by atoms with Crippen LogP contribution in [0.4, 0.5) is 11.5 Å². The van der Waals surface area contributed by atoms with Crippen molar-refractivity contribution in [3.8, 4) is 11.5 Å². The van der Waals surface area contributed by atoms with E-state index in [1.165, 1.54) is 24.1 Å². The van der Waals surface area contributed by atoms with Crippen molar-refractivity contribution in [2.75, 3.05) is 19.5 Å². The van der Waals surface area contributed by atoms with Crippen LogP contribution in [0.5, 0.6) is 11.5 Å². The second kappa shape index (κ2) is 8.87. The summed E-state index contributed by atoms with van der Waals surface area (Å²) in [4.78, 5) is 22.9. The molecule has 8 heteroatoms. The highest BCUT2D eigenvalue weighted by Crippen LogP contribution is 2.37. The number of esters is 1. The fourth-order valence-corrected chi connectivity index (χ4v) is 4.81. The van der Waals surface area contributed by atoms with Crippen LogP contribution >= 0.6 is 11.3 Å². The smallest absolute Gasteiger partial charge is 0.348 e. The van der Waals surface area contributed by atoms with Gasteiger partial charge in [-0.3, -0.25) is 0 Å². The molecule has 4 rings (SSSR count). The quantitative estimate of drug-likeness (QED) is 0.538. The number of hydrogen-bond donors (Lipinski definition) is 1. The van der Waals surface area contributed by atoms with Gasteiger partial charge in [-0.1, -0.05) is 6.42 Å². The Morgan fingerprint density at radius 1 is 1.13 bits per heavy atom. The minimum absolute atomic E-state index is 0.0168. The Bertz CT molecular complexity index is 1060. The Labute approximate surface area is 179 Å². The summed E-state index contributed by atoms with van der Waals surface area (Å²) in [6.45, 7) is 1.91. The molecule has 0 atom stereocenters. The number of aromatic nitrogens is 2. The van der Waals surface area contributed by atoms with E-state index in [1.807, 2.05) is 19.1 Å². The number of benzene rings is 1. The normalized spacial score (nSPS) is 14.5. The first-order valence-corrected chi connectivity index (χ1v) is 10.9. The molecule has 7 nitrogen and oxygen atoms in total. The van der Waals surface area contributed by atoms with E-state index in [0.717, 1.165) is 47.2 Å². The maximum atomic E-state index is 12.8. The average molecular weight is 428 g/mol. The Balaban J connectivity index is 1.65. The van der Waals surface area contributed by atoms with Crippen molar-refractivity contribution in [3.63, 3.8) is 0 Å². The number of carbonyl (C=O) groups is 1. The molecule has 0 unspecified atom stereocenters. The van der Waals surface area contributed by atoms with Gasteiger partial charge in [0.05, 0.1) is 25.3 Å². The van der Waals surface area contributed by atoms with E-state index in [0.29, 0.717) is 22.2 Å².